The molecule has 0 amide bonds. The number of nitrogens with zero attached hydrogens (tertiary/aromatic N) is 1. The molecule has 0 spiro atoms. The van der Waals surface area contributed by atoms with Crippen molar-refractivity contribution in [2.75, 3.05) is 0 Å². The number of benzene rings is 1. The van der Waals surface area contributed by atoms with E-state index in [9.17, 15) is 4.79 Å². The minimum absolute atomic E-state index is 0.641. The second-order valence-corrected chi connectivity index (χ2v) is 3.21. The summed E-state index contributed by atoms with van der Waals surface area (Å²) in [6.07, 6.45) is 0.642. The molecule has 0 radical (unpaired) electrons. The number of hydrogen-bond acceptors (Lipinski definition) is 2. The van der Waals surface area contributed by atoms with E-state index in [2.05, 4.69) is 15.9 Å². The molecule has 1 unspecified atom stereocenters. The molecule has 0 aromatic heterocycles. The zero-order valence-electron chi connectivity index (χ0n) is 6.20. The lowest BCUT2D eigenvalue weighted by Gasteiger charge is -1.99. The standard InChI is InChI=1S/C9H6BrNO/c10-9-3-1-7(2-4-9)8(5-11)6-12/h1-4,6,8H. The Kier molecular flexibility index (Phi) is 3.01. The number of nitriles is 1. The molecule has 12 heavy (non-hydrogen) atoms. The van der Waals surface area contributed by atoms with Crippen molar-refractivity contribution in [3.05, 3.63) is 34.3 Å². The summed E-state index contributed by atoms with van der Waals surface area (Å²) in [5.41, 5.74) is 0.732. The predicted octanol–water partition coefficient (Wildman–Crippen LogP) is 2.26. The first-order valence-corrected chi connectivity index (χ1v) is 4.17. The maximum atomic E-state index is 10.4. The predicted molar refractivity (Wildman–Crippen MR) is 48.6 cm³/mol. The number of aldehydes is 1. The number of carbonyl (C=O) groups is 1. The van der Waals surface area contributed by atoms with Crippen LogP contribution in [0.4, 0.5) is 0 Å². The van der Waals surface area contributed by atoms with Crippen molar-refractivity contribution in [1.82, 2.24) is 0 Å². The van der Waals surface area contributed by atoms with Crippen molar-refractivity contribution in [2.45, 2.75) is 5.92 Å². The van der Waals surface area contributed by atoms with E-state index in [1.54, 1.807) is 12.1 Å². The summed E-state index contributed by atoms with van der Waals surface area (Å²) in [4.78, 5) is 10.4. The molecule has 0 saturated carbocycles. The Balaban J connectivity index is 2.97. The highest BCUT2D eigenvalue weighted by atomic mass is 79.9. The largest absolute Gasteiger partial charge is 0.302 e. The fraction of sp³-hybridized carbons (Fsp3) is 0.111. The fourth-order valence-electron chi connectivity index (χ4n) is 0.854. The van der Waals surface area contributed by atoms with Crippen LogP contribution in [0.25, 0.3) is 0 Å². The fourth-order valence-corrected chi connectivity index (χ4v) is 1.12. The van der Waals surface area contributed by atoms with Gasteiger partial charge in [0.15, 0.2) is 0 Å². The van der Waals surface area contributed by atoms with E-state index in [-0.39, 0.29) is 0 Å². The molecule has 0 bridgehead atoms. The first-order chi connectivity index (χ1) is 5.77. The van der Waals surface area contributed by atoms with E-state index in [1.807, 2.05) is 18.2 Å². The SMILES string of the molecule is N#CC(C=O)c1ccc(Br)cc1. The van der Waals surface area contributed by atoms with Crippen LogP contribution >= 0.6 is 15.9 Å². The maximum Gasteiger partial charge on any atom is 0.141 e. The first-order valence-electron chi connectivity index (χ1n) is 3.38. The summed E-state index contributed by atoms with van der Waals surface area (Å²) in [6, 6.07) is 9.03. The van der Waals surface area contributed by atoms with Crippen LogP contribution in [0.3, 0.4) is 0 Å². The molecule has 1 rings (SSSR count). The third-order valence-electron chi connectivity index (χ3n) is 1.50. The third-order valence-corrected chi connectivity index (χ3v) is 2.03. The highest BCUT2D eigenvalue weighted by Crippen LogP contribution is 2.16. The molecule has 60 valence electrons. The van der Waals surface area contributed by atoms with Gasteiger partial charge in [-0.1, -0.05) is 28.1 Å². The molecule has 1 atom stereocenters. The Morgan fingerprint density at radius 3 is 2.42 bits per heavy atom. The maximum absolute atomic E-state index is 10.4. The molecule has 3 heteroatoms. The number of rotatable bonds is 2. The highest BCUT2D eigenvalue weighted by molar-refractivity contribution is 9.10. The zero-order chi connectivity index (χ0) is 8.97. The molecule has 0 aliphatic carbocycles. The summed E-state index contributed by atoms with van der Waals surface area (Å²) in [5, 5.41) is 8.56. The smallest absolute Gasteiger partial charge is 0.141 e. The van der Waals surface area contributed by atoms with Crippen molar-refractivity contribution >= 4 is 22.2 Å². The van der Waals surface area contributed by atoms with Gasteiger partial charge in [0, 0.05) is 4.47 Å². The molecule has 0 fully saturated rings. The molecular formula is C9H6BrNO. The molecule has 0 aliphatic heterocycles. The van der Waals surface area contributed by atoms with Gasteiger partial charge in [-0.3, -0.25) is 0 Å². The van der Waals surface area contributed by atoms with Crippen LogP contribution in [0.5, 0.6) is 0 Å². The monoisotopic (exact) mass is 223 g/mol. The van der Waals surface area contributed by atoms with Crippen molar-refractivity contribution in [3.63, 3.8) is 0 Å². The average molecular weight is 224 g/mol. The van der Waals surface area contributed by atoms with Crippen molar-refractivity contribution in [1.29, 1.82) is 5.26 Å². The Hall–Kier alpha value is -1.14. The molecule has 0 heterocycles. The lowest BCUT2D eigenvalue weighted by Crippen LogP contribution is -1.95. The lowest BCUT2D eigenvalue weighted by molar-refractivity contribution is -0.108. The molecule has 0 aliphatic rings. The summed E-state index contributed by atoms with van der Waals surface area (Å²) in [7, 11) is 0. The molecule has 1 aromatic carbocycles. The van der Waals surface area contributed by atoms with Crippen LogP contribution in [0.1, 0.15) is 11.5 Å². The second-order valence-electron chi connectivity index (χ2n) is 2.29. The Morgan fingerprint density at radius 2 is 2.00 bits per heavy atom. The Morgan fingerprint density at radius 1 is 1.42 bits per heavy atom. The topological polar surface area (TPSA) is 40.9 Å². The van der Waals surface area contributed by atoms with E-state index in [1.165, 1.54) is 0 Å². The van der Waals surface area contributed by atoms with E-state index in [4.69, 9.17) is 5.26 Å². The minimum Gasteiger partial charge on any atom is -0.302 e. The molecule has 0 saturated heterocycles. The second kappa shape index (κ2) is 4.03. The van der Waals surface area contributed by atoms with E-state index < -0.39 is 5.92 Å². The van der Waals surface area contributed by atoms with Gasteiger partial charge in [-0.25, -0.2) is 0 Å². The Labute approximate surface area is 78.9 Å². The molecule has 1 aromatic rings. The summed E-state index contributed by atoms with van der Waals surface area (Å²) in [5.74, 6) is -0.641. The average Bonchev–Trinajstić information content (AvgIpc) is 2.10. The van der Waals surface area contributed by atoms with E-state index in [0.29, 0.717) is 6.29 Å². The van der Waals surface area contributed by atoms with Crippen LogP contribution < -0.4 is 0 Å². The van der Waals surface area contributed by atoms with Crippen molar-refractivity contribution < 1.29 is 4.79 Å². The van der Waals surface area contributed by atoms with Gasteiger partial charge in [0.25, 0.3) is 0 Å². The van der Waals surface area contributed by atoms with Crippen LogP contribution in [-0.2, 0) is 4.79 Å². The van der Waals surface area contributed by atoms with Crippen molar-refractivity contribution in [3.8, 4) is 6.07 Å². The quantitative estimate of drug-likeness (QED) is 0.723. The van der Waals surface area contributed by atoms with Gasteiger partial charge in [-0.2, -0.15) is 5.26 Å². The lowest BCUT2D eigenvalue weighted by atomic mass is 10.0. The minimum atomic E-state index is -0.641. The van der Waals surface area contributed by atoms with Gasteiger partial charge in [-0.05, 0) is 17.7 Å². The molecular weight excluding hydrogens is 218 g/mol. The molecule has 2 nitrogen and oxygen atoms in total. The van der Waals surface area contributed by atoms with Crippen LogP contribution in [0.2, 0.25) is 0 Å². The van der Waals surface area contributed by atoms with Gasteiger partial charge in [0.2, 0.25) is 0 Å². The zero-order valence-corrected chi connectivity index (χ0v) is 7.78. The number of hydrogen-bond donors (Lipinski definition) is 0. The summed E-state index contributed by atoms with van der Waals surface area (Å²) >= 11 is 3.27. The van der Waals surface area contributed by atoms with Crippen LogP contribution in [0.15, 0.2) is 28.7 Å². The van der Waals surface area contributed by atoms with Gasteiger partial charge in [0.1, 0.15) is 12.2 Å². The number of carbonyl (C=O) groups excluding carboxylic acids is 1. The third kappa shape index (κ3) is 1.93. The van der Waals surface area contributed by atoms with Gasteiger partial charge >= 0.3 is 0 Å². The van der Waals surface area contributed by atoms with Crippen LogP contribution in [-0.4, -0.2) is 6.29 Å². The van der Waals surface area contributed by atoms with Gasteiger partial charge in [0.05, 0.1) is 6.07 Å². The Bertz CT molecular complexity index is 312. The van der Waals surface area contributed by atoms with Crippen LogP contribution in [0, 0.1) is 11.3 Å². The summed E-state index contributed by atoms with van der Waals surface area (Å²) in [6.45, 7) is 0. The van der Waals surface area contributed by atoms with Crippen molar-refractivity contribution in [2.24, 2.45) is 0 Å². The van der Waals surface area contributed by atoms with E-state index in [0.717, 1.165) is 10.0 Å². The normalized spacial score (nSPS) is 11.7. The molecule has 0 N–H and O–H groups in total. The summed E-state index contributed by atoms with van der Waals surface area (Å²) < 4.78 is 0.939. The highest BCUT2D eigenvalue weighted by Gasteiger charge is 2.07. The van der Waals surface area contributed by atoms with E-state index >= 15 is 0 Å². The van der Waals surface area contributed by atoms with Gasteiger partial charge < -0.3 is 4.79 Å². The van der Waals surface area contributed by atoms with Gasteiger partial charge in [-0.15, -0.1) is 0 Å². The number of halogens is 1. The first kappa shape index (κ1) is 8.95.